The first kappa shape index (κ1) is 14.6. The van der Waals surface area contributed by atoms with Crippen molar-refractivity contribution in [3.05, 3.63) is 35.4 Å². The molecule has 3 heteroatoms. The summed E-state index contributed by atoms with van der Waals surface area (Å²) in [5.74, 6) is 1.40. The third-order valence-electron chi connectivity index (χ3n) is 4.07. The van der Waals surface area contributed by atoms with Gasteiger partial charge in [-0.25, -0.2) is 0 Å². The summed E-state index contributed by atoms with van der Waals surface area (Å²) in [6.45, 7) is 2.82. The highest BCUT2D eigenvalue weighted by Gasteiger charge is 2.24. The van der Waals surface area contributed by atoms with Gasteiger partial charge in [-0.15, -0.1) is 0 Å². The molecule has 0 spiro atoms. The van der Waals surface area contributed by atoms with E-state index in [0.29, 0.717) is 11.8 Å². The van der Waals surface area contributed by atoms with Crippen LogP contribution in [0.15, 0.2) is 24.3 Å². The molecule has 1 N–H and O–H groups in total. The van der Waals surface area contributed by atoms with Crippen molar-refractivity contribution in [3.8, 4) is 0 Å². The van der Waals surface area contributed by atoms with Crippen LogP contribution in [0.5, 0.6) is 0 Å². The van der Waals surface area contributed by atoms with Crippen LogP contribution in [0, 0.1) is 18.8 Å². The van der Waals surface area contributed by atoms with Crippen LogP contribution < -0.4 is 5.32 Å². The van der Waals surface area contributed by atoms with E-state index in [0.717, 1.165) is 23.0 Å². The molecule has 0 heterocycles. The summed E-state index contributed by atoms with van der Waals surface area (Å²) < 4.78 is 0. The summed E-state index contributed by atoms with van der Waals surface area (Å²) in [5.41, 5.74) is 1.90. The zero-order chi connectivity index (χ0) is 13.7. The van der Waals surface area contributed by atoms with Crippen molar-refractivity contribution in [3.63, 3.8) is 0 Å². The molecule has 1 aliphatic rings. The Hall–Kier alpha value is -0.830. The van der Waals surface area contributed by atoms with Crippen molar-refractivity contribution in [2.75, 3.05) is 11.9 Å². The fourth-order valence-corrected chi connectivity index (χ4v) is 3.72. The van der Waals surface area contributed by atoms with Crippen molar-refractivity contribution < 1.29 is 4.79 Å². The Morgan fingerprint density at radius 3 is 2.74 bits per heavy atom. The highest BCUT2D eigenvalue weighted by molar-refractivity contribution is 9.09. The predicted molar refractivity (Wildman–Crippen MR) is 82.8 cm³/mol. The SMILES string of the molecule is Cc1cccc(C(=O)NCC2CCCCC2CBr)c1. The number of halogens is 1. The fourth-order valence-electron chi connectivity index (χ4n) is 2.87. The molecule has 1 aliphatic carbocycles. The molecule has 0 aromatic heterocycles. The first-order chi connectivity index (χ1) is 9.20. The Labute approximate surface area is 124 Å². The molecule has 2 unspecified atom stereocenters. The minimum Gasteiger partial charge on any atom is -0.352 e. The number of carbonyl (C=O) groups is 1. The molecule has 104 valence electrons. The van der Waals surface area contributed by atoms with Crippen LogP contribution in [0.4, 0.5) is 0 Å². The summed E-state index contributed by atoms with van der Waals surface area (Å²) in [6.07, 6.45) is 5.16. The number of amides is 1. The maximum Gasteiger partial charge on any atom is 0.251 e. The van der Waals surface area contributed by atoms with Crippen molar-refractivity contribution >= 4 is 21.8 Å². The van der Waals surface area contributed by atoms with E-state index in [-0.39, 0.29) is 5.91 Å². The first-order valence-electron chi connectivity index (χ1n) is 7.11. The molecule has 1 saturated carbocycles. The Bertz CT molecular complexity index is 433. The molecular formula is C16H22BrNO. The molecule has 19 heavy (non-hydrogen) atoms. The number of rotatable bonds is 4. The second-order valence-electron chi connectivity index (χ2n) is 5.54. The minimum atomic E-state index is 0.0580. The topological polar surface area (TPSA) is 29.1 Å². The average Bonchev–Trinajstić information content (AvgIpc) is 2.45. The van der Waals surface area contributed by atoms with Gasteiger partial charge in [-0.05, 0) is 43.7 Å². The van der Waals surface area contributed by atoms with E-state index in [2.05, 4.69) is 21.2 Å². The number of aryl methyl sites for hydroxylation is 1. The molecule has 1 fully saturated rings. The quantitative estimate of drug-likeness (QED) is 0.836. The zero-order valence-corrected chi connectivity index (χ0v) is 13.1. The number of hydrogen-bond donors (Lipinski definition) is 1. The van der Waals surface area contributed by atoms with Crippen molar-refractivity contribution in [2.24, 2.45) is 11.8 Å². The standard InChI is InChI=1S/C16H22BrNO/c1-12-5-4-8-13(9-12)16(19)18-11-15-7-3-2-6-14(15)10-17/h4-5,8-9,14-15H,2-3,6-7,10-11H2,1H3,(H,18,19). The minimum absolute atomic E-state index is 0.0580. The van der Waals surface area contributed by atoms with Crippen molar-refractivity contribution in [2.45, 2.75) is 32.6 Å². The predicted octanol–water partition coefficient (Wildman–Crippen LogP) is 3.93. The zero-order valence-electron chi connectivity index (χ0n) is 11.5. The van der Waals surface area contributed by atoms with Crippen LogP contribution in [-0.4, -0.2) is 17.8 Å². The highest BCUT2D eigenvalue weighted by Crippen LogP contribution is 2.30. The Morgan fingerprint density at radius 1 is 1.32 bits per heavy atom. The van der Waals surface area contributed by atoms with Gasteiger partial charge in [0.15, 0.2) is 0 Å². The van der Waals surface area contributed by atoms with Gasteiger partial charge >= 0.3 is 0 Å². The lowest BCUT2D eigenvalue weighted by Gasteiger charge is -2.30. The summed E-state index contributed by atoms with van der Waals surface area (Å²) in [4.78, 5) is 12.1. The number of alkyl halides is 1. The third kappa shape index (κ3) is 4.07. The summed E-state index contributed by atoms with van der Waals surface area (Å²) >= 11 is 3.60. The molecular weight excluding hydrogens is 302 g/mol. The second-order valence-corrected chi connectivity index (χ2v) is 6.19. The van der Waals surface area contributed by atoms with E-state index >= 15 is 0 Å². The largest absolute Gasteiger partial charge is 0.352 e. The van der Waals surface area contributed by atoms with Crippen LogP contribution in [0.25, 0.3) is 0 Å². The molecule has 0 saturated heterocycles. The number of benzene rings is 1. The van der Waals surface area contributed by atoms with Crippen LogP contribution in [0.2, 0.25) is 0 Å². The maximum absolute atomic E-state index is 12.1. The lowest BCUT2D eigenvalue weighted by atomic mass is 9.80. The summed E-state index contributed by atoms with van der Waals surface area (Å²) in [7, 11) is 0. The van der Waals surface area contributed by atoms with Gasteiger partial charge in [0.25, 0.3) is 5.91 Å². The van der Waals surface area contributed by atoms with E-state index in [1.165, 1.54) is 25.7 Å². The molecule has 1 aromatic carbocycles. The molecule has 0 bridgehead atoms. The van der Waals surface area contributed by atoms with E-state index in [1.807, 2.05) is 31.2 Å². The highest BCUT2D eigenvalue weighted by atomic mass is 79.9. The molecule has 2 rings (SSSR count). The van der Waals surface area contributed by atoms with Crippen LogP contribution in [0.3, 0.4) is 0 Å². The second kappa shape index (κ2) is 7.09. The number of nitrogens with one attached hydrogen (secondary N) is 1. The third-order valence-corrected chi connectivity index (χ3v) is 4.90. The van der Waals surface area contributed by atoms with Gasteiger partial charge in [0.1, 0.15) is 0 Å². The van der Waals surface area contributed by atoms with Crippen molar-refractivity contribution in [1.82, 2.24) is 5.32 Å². The Morgan fingerprint density at radius 2 is 2.05 bits per heavy atom. The molecule has 2 nitrogen and oxygen atoms in total. The van der Waals surface area contributed by atoms with E-state index in [1.54, 1.807) is 0 Å². The Kier molecular flexibility index (Phi) is 5.44. The van der Waals surface area contributed by atoms with Crippen LogP contribution in [-0.2, 0) is 0 Å². The van der Waals surface area contributed by atoms with Crippen molar-refractivity contribution in [1.29, 1.82) is 0 Å². The van der Waals surface area contributed by atoms with Gasteiger partial charge in [0.2, 0.25) is 0 Å². The Balaban J connectivity index is 1.89. The maximum atomic E-state index is 12.1. The molecule has 0 radical (unpaired) electrons. The van der Waals surface area contributed by atoms with Crippen LogP contribution >= 0.6 is 15.9 Å². The lowest BCUT2D eigenvalue weighted by molar-refractivity contribution is 0.0937. The fraction of sp³-hybridized carbons (Fsp3) is 0.562. The average molecular weight is 324 g/mol. The van der Waals surface area contributed by atoms with Gasteiger partial charge in [-0.2, -0.15) is 0 Å². The number of hydrogen-bond acceptors (Lipinski definition) is 1. The smallest absolute Gasteiger partial charge is 0.251 e. The lowest BCUT2D eigenvalue weighted by Crippen LogP contribution is -2.34. The first-order valence-corrected chi connectivity index (χ1v) is 8.23. The van der Waals surface area contributed by atoms with Gasteiger partial charge in [-0.3, -0.25) is 4.79 Å². The van der Waals surface area contributed by atoms with Gasteiger partial charge in [-0.1, -0.05) is 46.5 Å². The number of carbonyl (C=O) groups excluding carboxylic acids is 1. The van der Waals surface area contributed by atoms with E-state index in [9.17, 15) is 4.79 Å². The molecule has 2 atom stereocenters. The van der Waals surface area contributed by atoms with Gasteiger partial charge in [0.05, 0.1) is 0 Å². The van der Waals surface area contributed by atoms with Crippen LogP contribution in [0.1, 0.15) is 41.6 Å². The normalized spacial score (nSPS) is 23.1. The van der Waals surface area contributed by atoms with Gasteiger partial charge < -0.3 is 5.32 Å². The molecule has 1 aromatic rings. The molecule has 0 aliphatic heterocycles. The summed E-state index contributed by atoms with van der Waals surface area (Å²) in [5, 5.41) is 4.15. The van der Waals surface area contributed by atoms with E-state index in [4.69, 9.17) is 0 Å². The monoisotopic (exact) mass is 323 g/mol. The van der Waals surface area contributed by atoms with Gasteiger partial charge in [0, 0.05) is 17.4 Å². The summed E-state index contributed by atoms with van der Waals surface area (Å²) in [6, 6.07) is 7.77. The molecule has 1 amide bonds. The van der Waals surface area contributed by atoms with E-state index < -0.39 is 0 Å².